The van der Waals surface area contributed by atoms with Gasteiger partial charge >= 0.3 is 0 Å². The predicted molar refractivity (Wildman–Crippen MR) is 60.1 cm³/mol. The van der Waals surface area contributed by atoms with E-state index in [0.717, 1.165) is 18.5 Å². The fraction of sp³-hybridized carbons (Fsp3) is 0.538. The first-order valence-corrected chi connectivity index (χ1v) is 5.62. The molecule has 0 bridgehead atoms. The zero-order chi connectivity index (χ0) is 9.80. The van der Waals surface area contributed by atoms with Crippen LogP contribution < -0.4 is 5.32 Å². The molecule has 1 nitrogen and oxygen atoms in total. The maximum atomic E-state index is 3.63. The molecular weight excluding hydrogens is 170 g/mol. The molecule has 1 aliphatic carbocycles. The third-order valence-corrected chi connectivity index (χ3v) is 3.13. The lowest BCUT2D eigenvalue weighted by Gasteiger charge is -2.11. The Balaban J connectivity index is 1.78. The van der Waals surface area contributed by atoms with Crippen molar-refractivity contribution >= 4 is 0 Å². The quantitative estimate of drug-likeness (QED) is 0.771. The average Bonchev–Trinajstić information content (AvgIpc) is 2.63. The highest BCUT2D eigenvalue weighted by molar-refractivity contribution is 5.14. The van der Waals surface area contributed by atoms with E-state index in [9.17, 15) is 0 Å². The summed E-state index contributed by atoms with van der Waals surface area (Å²) < 4.78 is 0. The fourth-order valence-corrected chi connectivity index (χ4v) is 2.25. The van der Waals surface area contributed by atoms with E-state index in [-0.39, 0.29) is 0 Å². The molecule has 0 amide bonds. The molecule has 2 rings (SSSR count). The van der Waals surface area contributed by atoms with Crippen LogP contribution in [0.2, 0.25) is 0 Å². The Morgan fingerprint density at radius 3 is 2.64 bits per heavy atom. The second-order valence-electron chi connectivity index (χ2n) is 4.48. The summed E-state index contributed by atoms with van der Waals surface area (Å²) in [6.45, 7) is 3.38. The van der Waals surface area contributed by atoms with Gasteiger partial charge in [-0.1, -0.05) is 37.3 Å². The Kier molecular flexibility index (Phi) is 3.20. The summed E-state index contributed by atoms with van der Waals surface area (Å²) in [4.78, 5) is 0. The van der Waals surface area contributed by atoms with Crippen LogP contribution in [0.3, 0.4) is 0 Å². The Labute approximate surface area is 86.5 Å². The molecule has 0 saturated heterocycles. The first kappa shape index (κ1) is 9.72. The standard InChI is InChI=1S/C13H19N/c1-11-7-8-13(9-11)14-10-12-5-3-2-4-6-12/h2-6,11,13-14H,7-10H2,1H3/t11-,13-/m1/s1. The Hall–Kier alpha value is -0.820. The van der Waals surface area contributed by atoms with Gasteiger partial charge in [-0.25, -0.2) is 0 Å². The predicted octanol–water partition coefficient (Wildman–Crippen LogP) is 2.96. The summed E-state index contributed by atoms with van der Waals surface area (Å²) in [6.07, 6.45) is 4.10. The molecule has 0 heterocycles. The van der Waals surface area contributed by atoms with Gasteiger partial charge in [-0.3, -0.25) is 0 Å². The number of rotatable bonds is 3. The minimum atomic E-state index is 0.755. The van der Waals surface area contributed by atoms with Crippen LogP contribution >= 0.6 is 0 Å². The molecule has 1 heteroatoms. The van der Waals surface area contributed by atoms with E-state index in [1.165, 1.54) is 24.8 Å². The van der Waals surface area contributed by atoms with Crippen molar-refractivity contribution in [3.63, 3.8) is 0 Å². The highest BCUT2D eigenvalue weighted by Gasteiger charge is 2.20. The van der Waals surface area contributed by atoms with Crippen LogP contribution in [0.1, 0.15) is 31.7 Å². The minimum Gasteiger partial charge on any atom is -0.310 e. The van der Waals surface area contributed by atoms with E-state index in [2.05, 4.69) is 42.6 Å². The molecule has 2 atom stereocenters. The van der Waals surface area contributed by atoms with Crippen molar-refractivity contribution in [1.29, 1.82) is 0 Å². The fourth-order valence-electron chi connectivity index (χ4n) is 2.25. The summed E-state index contributed by atoms with van der Waals surface area (Å²) in [5.41, 5.74) is 1.40. The van der Waals surface area contributed by atoms with E-state index in [1.54, 1.807) is 0 Å². The summed E-state index contributed by atoms with van der Waals surface area (Å²) >= 11 is 0. The van der Waals surface area contributed by atoms with E-state index in [1.807, 2.05) is 0 Å². The molecule has 0 spiro atoms. The second kappa shape index (κ2) is 4.61. The molecule has 0 radical (unpaired) electrons. The van der Waals surface area contributed by atoms with E-state index < -0.39 is 0 Å². The van der Waals surface area contributed by atoms with Crippen molar-refractivity contribution in [2.24, 2.45) is 5.92 Å². The number of nitrogens with one attached hydrogen (secondary N) is 1. The summed E-state index contributed by atoms with van der Waals surface area (Å²) in [6, 6.07) is 11.4. The number of hydrogen-bond acceptors (Lipinski definition) is 1. The lowest BCUT2D eigenvalue weighted by Crippen LogP contribution is -2.25. The van der Waals surface area contributed by atoms with Crippen LogP contribution in [0.4, 0.5) is 0 Å². The topological polar surface area (TPSA) is 12.0 Å². The third-order valence-electron chi connectivity index (χ3n) is 3.13. The van der Waals surface area contributed by atoms with Crippen molar-refractivity contribution < 1.29 is 0 Å². The van der Waals surface area contributed by atoms with Crippen LogP contribution in [0, 0.1) is 5.92 Å². The van der Waals surface area contributed by atoms with E-state index >= 15 is 0 Å². The van der Waals surface area contributed by atoms with Crippen LogP contribution in [0.25, 0.3) is 0 Å². The van der Waals surface area contributed by atoms with Gasteiger partial charge in [-0.05, 0) is 30.7 Å². The van der Waals surface area contributed by atoms with Gasteiger partial charge < -0.3 is 5.32 Å². The molecule has 1 N–H and O–H groups in total. The second-order valence-corrected chi connectivity index (χ2v) is 4.48. The Morgan fingerprint density at radius 1 is 1.21 bits per heavy atom. The SMILES string of the molecule is C[C@@H]1CC[C@@H](NCc2ccccc2)C1. The summed E-state index contributed by atoms with van der Waals surface area (Å²) in [5.74, 6) is 0.920. The molecule has 1 fully saturated rings. The largest absolute Gasteiger partial charge is 0.310 e. The molecule has 1 aromatic carbocycles. The number of hydrogen-bond donors (Lipinski definition) is 1. The monoisotopic (exact) mass is 189 g/mol. The van der Waals surface area contributed by atoms with E-state index in [0.29, 0.717) is 0 Å². The van der Waals surface area contributed by atoms with Gasteiger partial charge in [0.25, 0.3) is 0 Å². The van der Waals surface area contributed by atoms with Gasteiger partial charge in [0, 0.05) is 12.6 Å². The third kappa shape index (κ3) is 2.58. The first-order valence-electron chi connectivity index (χ1n) is 5.62. The summed E-state index contributed by atoms with van der Waals surface area (Å²) in [7, 11) is 0. The molecule has 0 unspecified atom stereocenters. The maximum absolute atomic E-state index is 3.63. The zero-order valence-electron chi connectivity index (χ0n) is 8.87. The van der Waals surface area contributed by atoms with Gasteiger partial charge in [0.05, 0.1) is 0 Å². The molecule has 1 saturated carbocycles. The van der Waals surface area contributed by atoms with Gasteiger partial charge in [0.2, 0.25) is 0 Å². The molecule has 0 aromatic heterocycles. The lowest BCUT2D eigenvalue weighted by molar-refractivity contribution is 0.502. The van der Waals surface area contributed by atoms with E-state index in [4.69, 9.17) is 0 Å². The smallest absolute Gasteiger partial charge is 0.0208 e. The van der Waals surface area contributed by atoms with Crippen LogP contribution in [-0.2, 0) is 6.54 Å². The Bertz CT molecular complexity index is 268. The maximum Gasteiger partial charge on any atom is 0.0208 e. The van der Waals surface area contributed by atoms with Gasteiger partial charge in [0.15, 0.2) is 0 Å². The highest BCUT2D eigenvalue weighted by Crippen LogP contribution is 2.24. The molecule has 1 aromatic rings. The normalized spacial score (nSPS) is 26.6. The molecule has 0 aliphatic heterocycles. The highest BCUT2D eigenvalue weighted by atomic mass is 14.9. The van der Waals surface area contributed by atoms with Gasteiger partial charge in [0.1, 0.15) is 0 Å². The lowest BCUT2D eigenvalue weighted by atomic mass is 10.1. The van der Waals surface area contributed by atoms with Crippen molar-refractivity contribution in [2.75, 3.05) is 0 Å². The zero-order valence-corrected chi connectivity index (χ0v) is 8.87. The molecule has 1 aliphatic rings. The van der Waals surface area contributed by atoms with Crippen molar-refractivity contribution in [3.8, 4) is 0 Å². The van der Waals surface area contributed by atoms with Crippen LogP contribution in [0.15, 0.2) is 30.3 Å². The molecule has 76 valence electrons. The van der Waals surface area contributed by atoms with Gasteiger partial charge in [-0.2, -0.15) is 0 Å². The van der Waals surface area contributed by atoms with Crippen LogP contribution in [0.5, 0.6) is 0 Å². The molecular formula is C13H19N. The first-order chi connectivity index (χ1) is 6.84. The van der Waals surface area contributed by atoms with Crippen molar-refractivity contribution in [2.45, 2.75) is 38.8 Å². The van der Waals surface area contributed by atoms with Gasteiger partial charge in [-0.15, -0.1) is 0 Å². The molecule has 14 heavy (non-hydrogen) atoms. The summed E-state index contributed by atoms with van der Waals surface area (Å²) in [5, 5.41) is 3.63. The van der Waals surface area contributed by atoms with Crippen molar-refractivity contribution in [1.82, 2.24) is 5.32 Å². The Morgan fingerprint density at radius 2 is 2.00 bits per heavy atom. The number of benzene rings is 1. The minimum absolute atomic E-state index is 0.755. The average molecular weight is 189 g/mol. The van der Waals surface area contributed by atoms with Crippen molar-refractivity contribution in [3.05, 3.63) is 35.9 Å². The van der Waals surface area contributed by atoms with Crippen LogP contribution in [-0.4, -0.2) is 6.04 Å².